The van der Waals surface area contributed by atoms with Crippen molar-refractivity contribution in [2.45, 2.75) is 31.3 Å². The van der Waals surface area contributed by atoms with Crippen LogP contribution in [0.3, 0.4) is 0 Å². The van der Waals surface area contributed by atoms with E-state index in [4.69, 9.17) is 10.9 Å². The number of aromatic nitrogens is 2. The largest absolute Gasteiger partial charge is 0.411 e. The molecule has 1 aromatic rings. The minimum Gasteiger partial charge on any atom is -0.411 e. The summed E-state index contributed by atoms with van der Waals surface area (Å²) in [7, 11) is 0. The second-order valence-corrected chi connectivity index (χ2v) is 5.37. The van der Waals surface area contributed by atoms with Gasteiger partial charge in [-0.2, -0.15) is 0 Å². The van der Waals surface area contributed by atoms with Gasteiger partial charge in [0.25, 0.3) is 0 Å². The van der Waals surface area contributed by atoms with Crippen LogP contribution in [0.15, 0.2) is 17.5 Å². The molecule has 108 valence electrons. The highest BCUT2D eigenvalue weighted by Crippen LogP contribution is 2.28. The minimum absolute atomic E-state index is 0.250. The number of fused-ring (bicyclic) bond motifs is 1. The molecule has 7 nitrogen and oxygen atoms in total. The minimum atomic E-state index is 0.250. The molecule has 2 fully saturated rings. The van der Waals surface area contributed by atoms with Crippen molar-refractivity contribution in [2.75, 3.05) is 30.3 Å². The van der Waals surface area contributed by atoms with Crippen LogP contribution in [0.2, 0.25) is 0 Å². The van der Waals surface area contributed by atoms with Gasteiger partial charge in [0.1, 0.15) is 0 Å². The number of hydrogen-bond donors (Lipinski definition) is 2. The SMILES string of the molecule is Nc1nccnc1N1CCN2[C@@H](CCC[C@@H]2/C=N/O)C1. The molecule has 0 bridgehead atoms. The highest BCUT2D eigenvalue weighted by Gasteiger charge is 2.35. The Hall–Kier alpha value is -1.89. The zero-order valence-corrected chi connectivity index (χ0v) is 11.4. The summed E-state index contributed by atoms with van der Waals surface area (Å²) in [5, 5.41) is 12.0. The lowest BCUT2D eigenvalue weighted by atomic mass is 9.94. The predicted octanol–water partition coefficient (Wildman–Crippen LogP) is 0.562. The van der Waals surface area contributed by atoms with E-state index in [2.05, 4.69) is 24.9 Å². The quantitative estimate of drug-likeness (QED) is 0.466. The average molecular weight is 276 g/mol. The topological polar surface area (TPSA) is 90.9 Å². The predicted molar refractivity (Wildman–Crippen MR) is 77.1 cm³/mol. The van der Waals surface area contributed by atoms with E-state index in [-0.39, 0.29) is 6.04 Å². The van der Waals surface area contributed by atoms with E-state index in [0.717, 1.165) is 44.7 Å². The van der Waals surface area contributed by atoms with Gasteiger partial charge in [0.2, 0.25) is 0 Å². The second kappa shape index (κ2) is 5.62. The first kappa shape index (κ1) is 13.1. The molecule has 0 aromatic carbocycles. The Bertz CT molecular complexity index is 494. The molecule has 3 heterocycles. The van der Waals surface area contributed by atoms with Crippen molar-refractivity contribution < 1.29 is 5.21 Å². The third-order valence-corrected chi connectivity index (χ3v) is 4.24. The maximum Gasteiger partial charge on any atom is 0.171 e. The molecule has 3 rings (SSSR count). The van der Waals surface area contributed by atoms with Crippen molar-refractivity contribution >= 4 is 17.9 Å². The number of nitrogens with two attached hydrogens (primary N) is 1. The maximum absolute atomic E-state index is 8.77. The maximum atomic E-state index is 8.77. The van der Waals surface area contributed by atoms with Gasteiger partial charge in [-0.05, 0) is 19.3 Å². The van der Waals surface area contributed by atoms with E-state index in [1.807, 2.05) is 0 Å². The molecule has 0 spiro atoms. The van der Waals surface area contributed by atoms with Crippen LogP contribution in [0.1, 0.15) is 19.3 Å². The van der Waals surface area contributed by atoms with E-state index in [1.54, 1.807) is 18.6 Å². The Morgan fingerprint density at radius 2 is 2.15 bits per heavy atom. The molecule has 0 unspecified atom stereocenters. The normalized spacial score (nSPS) is 27.7. The summed E-state index contributed by atoms with van der Waals surface area (Å²) < 4.78 is 0. The van der Waals surface area contributed by atoms with E-state index < -0.39 is 0 Å². The Morgan fingerprint density at radius 3 is 2.95 bits per heavy atom. The molecule has 2 aliphatic rings. The first-order valence-electron chi connectivity index (χ1n) is 7.04. The number of oxime groups is 1. The first-order chi connectivity index (χ1) is 9.79. The van der Waals surface area contributed by atoms with E-state index >= 15 is 0 Å². The van der Waals surface area contributed by atoms with E-state index in [9.17, 15) is 0 Å². The lowest BCUT2D eigenvalue weighted by Gasteiger charge is -2.47. The number of rotatable bonds is 2. The number of nitrogen functional groups attached to an aromatic ring is 1. The Morgan fingerprint density at radius 1 is 1.30 bits per heavy atom. The van der Waals surface area contributed by atoms with Crippen LogP contribution < -0.4 is 10.6 Å². The summed E-state index contributed by atoms with van der Waals surface area (Å²) in [6, 6.07) is 0.710. The van der Waals surface area contributed by atoms with Crippen LogP contribution >= 0.6 is 0 Å². The molecule has 0 radical (unpaired) electrons. The fraction of sp³-hybridized carbons (Fsp3) is 0.615. The summed E-state index contributed by atoms with van der Waals surface area (Å²) in [5.41, 5.74) is 5.91. The molecule has 1 aromatic heterocycles. The van der Waals surface area contributed by atoms with Crippen LogP contribution in [0.4, 0.5) is 11.6 Å². The number of nitrogens with zero attached hydrogens (tertiary/aromatic N) is 5. The lowest BCUT2D eigenvalue weighted by molar-refractivity contribution is 0.106. The molecule has 0 amide bonds. The van der Waals surface area contributed by atoms with Crippen molar-refractivity contribution in [1.29, 1.82) is 0 Å². The van der Waals surface area contributed by atoms with Gasteiger partial charge < -0.3 is 15.8 Å². The summed E-state index contributed by atoms with van der Waals surface area (Å²) in [6.45, 7) is 2.70. The van der Waals surface area contributed by atoms with E-state index in [0.29, 0.717) is 11.9 Å². The molecule has 7 heteroatoms. The number of piperidine rings is 1. The molecule has 0 aliphatic carbocycles. The second-order valence-electron chi connectivity index (χ2n) is 5.37. The average Bonchev–Trinajstić information content (AvgIpc) is 2.48. The highest BCUT2D eigenvalue weighted by molar-refractivity contribution is 5.64. The molecular formula is C13H20N6O. The summed E-state index contributed by atoms with van der Waals surface area (Å²) in [4.78, 5) is 13.1. The van der Waals surface area contributed by atoms with Crippen molar-refractivity contribution in [3.8, 4) is 0 Å². The molecular weight excluding hydrogens is 256 g/mol. The summed E-state index contributed by atoms with van der Waals surface area (Å²) in [5.74, 6) is 1.27. The van der Waals surface area contributed by atoms with Gasteiger partial charge >= 0.3 is 0 Å². The third kappa shape index (κ3) is 2.40. The van der Waals surface area contributed by atoms with Gasteiger partial charge in [0.15, 0.2) is 11.6 Å². The number of anilines is 2. The van der Waals surface area contributed by atoms with Crippen molar-refractivity contribution in [2.24, 2.45) is 5.16 Å². The van der Waals surface area contributed by atoms with Crippen molar-refractivity contribution in [1.82, 2.24) is 14.9 Å². The molecule has 2 atom stereocenters. The fourth-order valence-corrected chi connectivity index (χ4v) is 3.31. The monoisotopic (exact) mass is 276 g/mol. The van der Waals surface area contributed by atoms with Gasteiger partial charge in [0.05, 0.1) is 6.21 Å². The van der Waals surface area contributed by atoms with Crippen LogP contribution in [0, 0.1) is 0 Å². The van der Waals surface area contributed by atoms with E-state index in [1.165, 1.54) is 0 Å². The molecule has 0 saturated carbocycles. The Labute approximate surface area is 118 Å². The van der Waals surface area contributed by atoms with Crippen LogP contribution in [0.25, 0.3) is 0 Å². The molecule has 2 aliphatic heterocycles. The highest BCUT2D eigenvalue weighted by atomic mass is 16.4. The Kier molecular flexibility index (Phi) is 3.68. The zero-order chi connectivity index (χ0) is 13.9. The van der Waals surface area contributed by atoms with Gasteiger partial charge in [-0.1, -0.05) is 0 Å². The third-order valence-electron chi connectivity index (χ3n) is 4.24. The van der Waals surface area contributed by atoms with Crippen LogP contribution in [-0.2, 0) is 0 Å². The zero-order valence-electron chi connectivity index (χ0n) is 11.4. The van der Waals surface area contributed by atoms with Crippen LogP contribution in [0.5, 0.6) is 0 Å². The number of hydrogen-bond acceptors (Lipinski definition) is 7. The van der Waals surface area contributed by atoms with Gasteiger partial charge in [-0.15, -0.1) is 5.16 Å². The number of piperazine rings is 1. The molecule has 2 saturated heterocycles. The summed E-state index contributed by atoms with van der Waals surface area (Å²) >= 11 is 0. The molecule has 20 heavy (non-hydrogen) atoms. The standard InChI is InChI=1S/C13H20N6O/c14-12-13(16-5-4-15-12)18-6-7-19-10(8-17-20)2-1-3-11(19)9-18/h4-5,8,10-11,20H,1-3,6-7,9H2,(H2,14,15)/b17-8+/t10-,11+/m1/s1. The van der Waals surface area contributed by atoms with Gasteiger partial charge in [-0.3, -0.25) is 4.90 Å². The van der Waals surface area contributed by atoms with Crippen molar-refractivity contribution in [3.63, 3.8) is 0 Å². The fourth-order valence-electron chi connectivity index (χ4n) is 3.31. The van der Waals surface area contributed by atoms with Gasteiger partial charge in [-0.25, -0.2) is 9.97 Å². The first-order valence-corrected chi connectivity index (χ1v) is 7.04. The van der Waals surface area contributed by atoms with Crippen molar-refractivity contribution in [3.05, 3.63) is 12.4 Å². The summed E-state index contributed by atoms with van der Waals surface area (Å²) in [6.07, 6.45) is 8.32. The lowest BCUT2D eigenvalue weighted by Crippen LogP contribution is -2.59. The Balaban J connectivity index is 1.74. The smallest absolute Gasteiger partial charge is 0.171 e. The van der Waals surface area contributed by atoms with Gasteiger partial charge in [0, 0.05) is 44.1 Å². The van der Waals surface area contributed by atoms with Crippen LogP contribution in [-0.4, -0.2) is 58.0 Å². The molecule has 3 N–H and O–H groups in total.